The van der Waals surface area contributed by atoms with Gasteiger partial charge in [0, 0.05) is 0 Å². The van der Waals surface area contributed by atoms with Gasteiger partial charge >= 0.3 is 5.97 Å². The van der Waals surface area contributed by atoms with Crippen molar-refractivity contribution in [3.63, 3.8) is 0 Å². The average Bonchev–Trinajstić information content (AvgIpc) is 2.88. The minimum Gasteiger partial charge on any atom is -0.465 e. The highest BCUT2D eigenvalue weighted by molar-refractivity contribution is 6.26. The number of epoxide rings is 1. The van der Waals surface area contributed by atoms with Crippen molar-refractivity contribution in [2.75, 3.05) is 25.0 Å². The summed E-state index contributed by atoms with van der Waals surface area (Å²) in [6.07, 6.45) is 0.400. The molecule has 0 bridgehead atoms. The van der Waals surface area contributed by atoms with Crippen LogP contribution < -0.4 is 0 Å². The molecule has 5 heteroatoms. The highest BCUT2D eigenvalue weighted by Crippen LogP contribution is 2.08. The van der Waals surface area contributed by atoms with Crippen molar-refractivity contribution >= 4 is 29.2 Å². The first kappa shape index (κ1) is 12.0. The van der Waals surface area contributed by atoms with Gasteiger partial charge in [-0.3, -0.25) is 4.79 Å². The summed E-state index contributed by atoms with van der Waals surface area (Å²) in [7, 11) is 0. The lowest BCUT2D eigenvalue weighted by Crippen LogP contribution is -2.03. The smallest absolute Gasteiger partial charge is 0.320 e. The van der Waals surface area contributed by atoms with Crippen molar-refractivity contribution in [3.05, 3.63) is 0 Å². The van der Waals surface area contributed by atoms with Crippen LogP contribution in [-0.2, 0) is 14.3 Å². The third-order valence-corrected chi connectivity index (χ3v) is 1.55. The molecule has 12 heavy (non-hydrogen) atoms. The molecular formula is C7H12Cl2O3. The number of carbonyl (C=O) groups is 1. The molecule has 0 amide bonds. The van der Waals surface area contributed by atoms with Crippen LogP contribution in [-0.4, -0.2) is 37.0 Å². The fraction of sp³-hybridized carbons (Fsp3) is 0.857. The lowest BCUT2D eigenvalue weighted by atomic mass is 10.6. The van der Waals surface area contributed by atoms with E-state index in [1.165, 1.54) is 0 Å². The Hall–Kier alpha value is 0.01000. The second-order valence-electron chi connectivity index (χ2n) is 2.05. The molecule has 1 fully saturated rings. The van der Waals surface area contributed by atoms with Gasteiger partial charge in [0.2, 0.25) is 0 Å². The predicted molar refractivity (Wildman–Crippen MR) is 47.8 cm³/mol. The van der Waals surface area contributed by atoms with Gasteiger partial charge in [0.1, 0.15) is 5.88 Å². The molecule has 1 aliphatic heterocycles. The zero-order valence-electron chi connectivity index (χ0n) is 6.89. The number of carbonyl (C=O) groups excluding carboxylic acids is 1. The Morgan fingerprint density at radius 3 is 2.33 bits per heavy atom. The van der Waals surface area contributed by atoms with E-state index in [-0.39, 0.29) is 11.8 Å². The summed E-state index contributed by atoms with van der Waals surface area (Å²) in [5, 5.41) is 0. The van der Waals surface area contributed by atoms with Gasteiger partial charge in [-0.05, 0) is 6.92 Å². The summed E-state index contributed by atoms with van der Waals surface area (Å²) < 4.78 is 9.15. The maximum absolute atomic E-state index is 10.1. The average molecular weight is 215 g/mol. The number of hydrogen-bond acceptors (Lipinski definition) is 3. The van der Waals surface area contributed by atoms with Crippen molar-refractivity contribution in [2.45, 2.75) is 13.0 Å². The van der Waals surface area contributed by atoms with E-state index in [4.69, 9.17) is 27.9 Å². The van der Waals surface area contributed by atoms with Crippen molar-refractivity contribution in [1.29, 1.82) is 0 Å². The van der Waals surface area contributed by atoms with Crippen LogP contribution >= 0.6 is 23.2 Å². The van der Waals surface area contributed by atoms with Crippen LogP contribution in [0.2, 0.25) is 0 Å². The molecular weight excluding hydrogens is 203 g/mol. The Bertz CT molecular complexity index is 126. The minimum absolute atomic E-state index is 0.0478. The molecule has 1 saturated heterocycles. The number of halogens is 2. The molecule has 0 aromatic carbocycles. The predicted octanol–water partition coefficient (Wildman–Crippen LogP) is 1.41. The maximum atomic E-state index is 10.1. The van der Waals surface area contributed by atoms with E-state index in [9.17, 15) is 4.79 Å². The van der Waals surface area contributed by atoms with Gasteiger partial charge in [-0.2, -0.15) is 0 Å². The Kier molecular flexibility index (Phi) is 7.65. The standard InChI is InChI=1S/C4H7ClO2.C3H5ClO/c1-2-7-4(6)3-5;4-1-3-2-5-3/h2-3H2,1H3;3H,1-2H2. The second-order valence-corrected chi connectivity index (χ2v) is 2.62. The van der Waals surface area contributed by atoms with Crippen LogP contribution in [0.15, 0.2) is 0 Å². The van der Waals surface area contributed by atoms with Gasteiger partial charge in [-0.15, -0.1) is 23.2 Å². The van der Waals surface area contributed by atoms with Crippen molar-refractivity contribution in [1.82, 2.24) is 0 Å². The molecule has 0 aromatic heterocycles. The third-order valence-electron chi connectivity index (χ3n) is 0.989. The monoisotopic (exact) mass is 214 g/mol. The molecule has 1 rings (SSSR count). The van der Waals surface area contributed by atoms with Gasteiger partial charge in [-0.1, -0.05) is 0 Å². The maximum Gasteiger partial charge on any atom is 0.320 e. The number of alkyl halides is 2. The summed E-state index contributed by atoms with van der Waals surface area (Å²) in [5.41, 5.74) is 0. The van der Waals surface area contributed by atoms with Crippen molar-refractivity contribution in [3.8, 4) is 0 Å². The molecule has 0 aliphatic carbocycles. The number of esters is 1. The highest BCUT2D eigenvalue weighted by atomic mass is 35.5. The first-order valence-corrected chi connectivity index (χ1v) is 4.70. The van der Waals surface area contributed by atoms with E-state index in [0.717, 1.165) is 6.61 Å². The van der Waals surface area contributed by atoms with Crippen LogP contribution in [0.3, 0.4) is 0 Å². The van der Waals surface area contributed by atoms with Crippen LogP contribution in [0.4, 0.5) is 0 Å². The van der Waals surface area contributed by atoms with Gasteiger partial charge in [0.15, 0.2) is 0 Å². The molecule has 1 aliphatic rings. The molecule has 3 nitrogen and oxygen atoms in total. The number of rotatable bonds is 3. The fourth-order valence-electron chi connectivity index (χ4n) is 0.357. The van der Waals surface area contributed by atoms with Crippen LogP contribution in [0.1, 0.15) is 6.92 Å². The van der Waals surface area contributed by atoms with Crippen LogP contribution in [0, 0.1) is 0 Å². The summed E-state index contributed by atoms with van der Waals surface area (Å²) in [5.74, 6) is 0.262. The molecule has 72 valence electrons. The quantitative estimate of drug-likeness (QED) is 0.406. The summed E-state index contributed by atoms with van der Waals surface area (Å²) in [6.45, 7) is 3.03. The van der Waals surface area contributed by atoms with Gasteiger partial charge in [-0.25, -0.2) is 0 Å². The normalized spacial score (nSPS) is 19.1. The molecule has 0 aromatic rings. The number of hydrogen-bond donors (Lipinski definition) is 0. The zero-order valence-corrected chi connectivity index (χ0v) is 8.40. The van der Waals surface area contributed by atoms with E-state index >= 15 is 0 Å². The van der Waals surface area contributed by atoms with Gasteiger partial charge in [0.05, 0.1) is 25.2 Å². The van der Waals surface area contributed by atoms with E-state index in [2.05, 4.69) is 4.74 Å². The SMILES string of the molecule is CCOC(=O)CCl.ClCC1CO1. The topological polar surface area (TPSA) is 38.8 Å². The number of ether oxygens (including phenoxy) is 2. The Morgan fingerprint density at radius 1 is 1.67 bits per heavy atom. The van der Waals surface area contributed by atoms with Crippen molar-refractivity contribution in [2.24, 2.45) is 0 Å². The summed E-state index contributed by atoms with van der Waals surface area (Å²) in [6, 6.07) is 0. The molecule has 1 atom stereocenters. The van der Waals surface area contributed by atoms with E-state index in [1.54, 1.807) is 6.92 Å². The largest absolute Gasteiger partial charge is 0.465 e. The minimum atomic E-state index is -0.357. The first-order chi connectivity index (χ1) is 5.74. The lowest BCUT2D eigenvalue weighted by molar-refractivity contribution is -0.140. The van der Waals surface area contributed by atoms with Crippen LogP contribution in [0.5, 0.6) is 0 Å². The summed E-state index contributed by atoms with van der Waals surface area (Å²) >= 11 is 10.3. The Morgan fingerprint density at radius 2 is 2.25 bits per heavy atom. The molecule has 1 unspecified atom stereocenters. The highest BCUT2D eigenvalue weighted by Gasteiger charge is 2.19. The van der Waals surface area contributed by atoms with E-state index in [1.807, 2.05) is 0 Å². The van der Waals surface area contributed by atoms with Crippen LogP contribution in [0.25, 0.3) is 0 Å². The first-order valence-electron chi connectivity index (χ1n) is 3.63. The van der Waals surface area contributed by atoms with E-state index < -0.39 is 0 Å². The zero-order chi connectivity index (χ0) is 9.40. The Balaban J connectivity index is 0.000000211. The molecule has 0 N–H and O–H groups in total. The van der Waals surface area contributed by atoms with Gasteiger partial charge < -0.3 is 9.47 Å². The molecule has 0 saturated carbocycles. The summed E-state index contributed by atoms with van der Waals surface area (Å²) in [4.78, 5) is 10.1. The van der Waals surface area contributed by atoms with Crippen molar-refractivity contribution < 1.29 is 14.3 Å². The fourth-order valence-corrected chi connectivity index (χ4v) is 0.612. The third kappa shape index (κ3) is 8.11. The second kappa shape index (κ2) is 7.65. The Labute approximate surface area is 81.9 Å². The molecule has 0 spiro atoms. The molecule has 1 heterocycles. The van der Waals surface area contributed by atoms with Gasteiger partial charge in [0.25, 0.3) is 0 Å². The lowest BCUT2D eigenvalue weighted by Gasteiger charge is -1.92. The van der Waals surface area contributed by atoms with E-state index in [0.29, 0.717) is 18.6 Å². The molecule has 0 radical (unpaired) electrons.